The molecule has 4 heterocycles. The number of amides is 2. The van der Waals surface area contributed by atoms with E-state index in [1.54, 1.807) is 12.1 Å². The van der Waals surface area contributed by atoms with Crippen LogP contribution in [-0.2, 0) is 9.53 Å². The van der Waals surface area contributed by atoms with Crippen molar-refractivity contribution in [3.8, 4) is 0 Å². The van der Waals surface area contributed by atoms with Crippen LogP contribution in [-0.4, -0.2) is 60.6 Å². The molecule has 0 saturated carbocycles. The number of aromatic amines is 1. The number of nitrogens with zero attached hydrogens (tertiary/aromatic N) is 1. The fraction of sp³-hybridized carbons (Fsp3) is 0.462. The van der Waals surface area contributed by atoms with Gasteiger partial charge in [0.1, 0.15) is 5.82 Å². The first-order chi connectivity index (χ1) is 16.4. The van der Waals surface area contributed by atoms with Crippen molar-refractivity contribution >= 4 is 29.2 Å². The molecule has 2 fully saturated rings. The van der Waals surface area contributed by atoms with Crippen LogP contribution in [0, 0.1) is 25.6 Å². The Labute approximate surface area is 198 Å². The summed E-state index contributed by atoms with van der Waals surface area (Å²) in [5.41, 5.74) is 4.30. The van der Waals surface area contributed by atoms with Gasteiger partial charge in [-0.1, -0.05) is 0 Å². The number of rotatable bonds is 5. The van der Waals surface area contributed by atoms with Crippen molar-refractivity contribution in [2.24, 2.45) is 5.92 Å². The Balaban J connectivity index is 1.28. The van der Waals surface area contributed by atoms with Crippen LogP contribution in [0.4, 0.5) is 10.1 Å². The van der Waals surface area contributed by atoms with E-state index in [0.717, 1.165) is 63.4 Å². The number of ether oxygens (including phenoxy) is 1. The first kappa shape index (κ1) is 22.8. The number of likely N-dealkylation sites (tertiary alicyclic amines) is 1. The lowest BCUT2D eigenvalue weighted by molar-refractivity contribution is -0.110. The van der Waals surface area contributed by atoms with Crippen LogP contribution in [0.2, 0.25) is 0 Å². The molecular weight excluding hydrogens is 435 g/mol. The number of hydrogen-bond acceptors (Lipinski definition) is 4. The van der Waals surface area contributed by atoms with E-state index in [4.69, 9.17) is 4.74 Å². The first-order valence-corrected chi connectivity index (χ1v) is 12.0. The minimum Gasteiger partial charge on any atom is -0.381 e. The Morgan fingerprint density at radius 1 is 1.26 bits per heavy atom. The molecule has 7 nitrogen and oxygen atoms in total. The summed E-state index contributed by atoms with van der Waals surface area (Å²) in [6.07, 6.45) is 4.87. The van der Waals surface area contributed by atoms with Crippen LogP contribution in [0.1, 0.15) is 52.1 Å². The molecule has 0 aliphatic carbocycles. The van der Waals surface area contributed by atoms with Gasteiger partial charge in [0.15, 0.2) is 0 Å². The van der Waals surface area contributed by atoms with Crippen LogP contribution in [0.3, 0.4) is 0 Å². The molecule has 0 spiro atoms. The van der Waals surface area contributed by atoms with E-state index in [1.807, 2.05) is 13.8 Å². The van der Waals surface area contributed by atoms with Gasteiger partial charge in [-0.25, -0.2) is 4.39 Å². The number of anilines is 1. The van der Waals surface area contributed by atoms with Gasteiger partial charge in [-0.2, -0.15) is 0 Å². The van der Waals surface area contributed by atoms with E-state index in [-0.39, 0.29) is 17.9 Å². The fourth-order valence-corrected chi connectivity index (χ4v) is 5.37. The number of aryl methyl sites for hydroxylation is 1. The number of hydrogen-bond donors (Lipinski definition) is 3. The fourth-order valence-electron chi connectivity index (χ4n) is 5.37. The van der Waals surface area contributed by atoms with Gasteiger partial charge in [-0.15, -0.1) is 0 Å². The molecule has 2 saturated heterocycles. The topological polar surface area (TPSA) is 86.5 Å². The lowest BCUT2D eigenvalue weighted by atomic mass is 10.00. The molecule has 2 amide bonds. The highest BCUT2D eigenvalue weighted by atomic mass is 19.1. The zero-order valence-electron chi connectivity index (χ0n) is 19.7. The van der Waals surface area contributed by atoms with Crippen LogP contribution in [0.15, 0.2) is 18.2 Å². The summed E-state index contributed by atoms with van der Waals surface area (Å²) in [7, 11) is 0. The van der Waals surface area contributed by atoms with Gasteiger partial charge >= 0.3 is 0 Å². The Morgan fingerprint density at radius 3 is 2.85 bits per heavy atom. The highest BCUT2D eigenvalue weighted by Crippen LogP contribution is 2.34. The SMILES string of the molecule is Cc1[nH]c(C=C2C(=O)Nc3ccc(F)cc32)c(C)c1C(=O)N[C@H]1CCN(CC2CCOCC2)C1. The van der Waals surface area contributed by atoms with Crippen molar-refractivity contribution in [2.45, 2.75) is 39.2 Å². The summed E-state index contributed by atoms with van der Waals surface area (Å²) in [5.74, 6) is -0.104. The number of carbonyl (C=O) groups excluding carboxylic acids is 2. The van der Waals surface area contributed by atoms with Crippen molar-refractivity contribution < 1.29 is 18.7 Å². The molecule has 5 rings (SSSR count). The molecule has 1 atom stereocenters. The maximum atomic E-state index is 13.8. The molecule has 1 aromatic carbocycles. The van der Waals surface area contributed by atoms with Crippen molar-refractivity contribution in [3.05, 3.63) is 52.1 Å². The molecule has 0 unspecified atom stereocenters. The van der Waals surface area contributed by atoms with Crippen LogP contribution < -0.4 is 10.6 Å². The molecule has 34 heavy (non-hydrogen) atoms. The van der Waals surface area contributed by atoms with Gasteiger partial charge in [-0.3, -0.25) is 9.59 Å². The van der Waals surface area contributed by atoms with Crippen molar-refractivity contribution in [1.29, 1.82) is 0 Å². The van der Waals surface area contributed by atoms with Gasteiger partial charge in [0.05, 0.1) is 11.1 Å². The number of fused-ring (bicyclic) bond motifs is 1. The Kier molecular flexibility index (Phi) is 6.27. The number of benzene rings is 1. The maximum absolute atomic E-state index is 13.8. The quantitative estimate of drug-likeness (QED) is 0.589. The van der Waals surface area contributed by atoms with Crippen LogP contribution >= 0.6 is 0 Å². The summed E-state index contributed by atoms with van der Waals surface area (Å²) < 4.78 is 19.2. The molecule has 180 valence electrons. The highest BCUT2D eigenvalue weighted by molar-refractivity contribution is 6.34. The number of carbonyl (C=O) groups is 2. The highest BCUT2D eigenvalue weighted by Gasteiger charge is 2.29. The zero-order chi connectivity index (χ0) is 23.8. The number of halogens is 1. The third-order valence-electron chi connectivity index (χ3n) is 7.22. The third-order valence-corrected chi connectivity index (χ3v) is 7.22. The molecule has 8 heteroatoms. The lowest BCUT2D eigenvalue weighted by Crippen LogP contribution is -2.38. The van der Waals surface area contributed by atoms with Gasteiger partial charge in [0.25, 0.3) is 11.8 Å². The van der Waals surface area contributed by atoms with Gasteiger partial charge in [0, 0.05) is 61.5 Å². The average Bonchev–Trinajstić information content (AvgIpc) is 3.45. The monoisotopic (exact) mass is 466 g/mol. The number of nitrogens with one attached hydrogen (secondary N) is 3. The van der Waals surface area contributed by atoms with E-state index < -0.39 is 5.82 Å². The predicted octanol–water partition coefficient (Wildman–Crippen LogP) is 3.49. The largest absolute Gasteiger partial charge is 0.381 e. The molecular formula is C26H31FN4O3. The lowest BCUT2D eigenvalue weighted by Gasteiger charge is -2.27. The third kappa shape index (κ3) is 4.52. The predicted molar refractivity (Wildman–Crippen MR) is 129 cm³/mol. The molecule has 2 aromatic rings. The van der Waals surface area contributed by atoms with Gasteiger partial charge in [0.2, 0.25) is 0 Å². The summed E-state index contributed by atoms with van der Waals surface area (Å²) in [5, 5.41) is 5.97. The number of H-pyrrole nitrogens is 1. The molecule has 0 bridgehead atoms. The second-order valence-corrected chi connectivity index (χ2v) is 9.64. The average molecular weight is 467 g/mol. The van der Waals surface area contributed by atoms with Crippen molar-refractivity contribution in [1.82, 2.24) is 15.2 Å². The summed E-state index contributed by atoms with van der Waals surface area (Å²) in [6.45, 7) is 8.37. The number of aromatic nitrogens is 1. The molecule has 3 aliphatic rings. The Bertz CT molecular complexity index is 1150. The minimum absolute atomic E-state index is 0.101. The second kappa shape index (κ2) is 9.35. The van der Waals surface area contributed by atoms with E-state index in [1.165, 1.54) is 12.1 Å². The van der Waals surface area contributed by atoms with Gasteiger partial charge in [-0.05, 0) is 68.9 Å². The van der Waals surface area contributed by atoms with Gasteiger partial charge < -0.3 is 25.3 Å². The van der Waals surface area contributed by atoms with Crippen LogP contribution in [0.5, 0.6) is 0 Å². The standard InChI is InChI=1S/C26H31FN4O3/c1-15-23(12-21-20-11-18(27)3-4-22(20)30-25(21)32)28-16(2)24(15)26(33)29-19-5-8-31(14-19)13-17-6-9-34-10-7-17/h3-4,11-12,17,19,28H,5-10,13-14H2,1-2H3,(H,29,33)(H,30,32)/t19-/m0/s1. The van der Waals surface area contributed by atoms with Crippen LogP contribution in [0.25, 0.3) is 11.6 Å². The molecule has 3 N–H and O–H groups in total. The van der Waals surface area contributed by atoms with Crippen molar-refractivity contribution in [2.75, 3.05) is 38.2 Å². The second-order valence-electron chi connectivity index (χ2n) is 9.64. The minimum atomic E-state index is -0.400. The Hall–Kier alpha value is -2.97. The first-order valence-electron chi connectivity index (χ1n) is 12.0. The molecule has 3 aliphatic heterocycles. The van der Waals surface area contributed by atoms with Crippen molar-refractivity contribution in [3.63, 3.8) is 0 Å². The smallest absolute Gasteiger partial charge is 0.256 e. The summed E-state index contributed by atoms with van der Waals surface area (Å²) in [4.78, 5) is 31.4. The Morgan fingerprint density at radius 2 is 2.06 bits per heavy atom. The molecule has 0 radical (unpaired) electrons. The van der Waals surface area contributed by atoms with E-state index >= 15 is 0 Å². The maximum Gasteiger partial charge on any atom is 0.256 e. The summed E-state index contributed by atoms with van der Waals surface area (Å²) in [6, 6.07) is 4.35. The molecule has 1 aromatic heterocycles. The van der Waals surface area contributed by atoms with E-state index in [9.17, 15) is 14.0 Å². The van der Waals surface area contributed by atoms with E-state index in [0.29, 0.717) is 34.0 Å². The zero-order valence-corrected chi connectivity index (χ0v) is 19.7. The van der Waals surface area contributed by atoms with E-state index in [2.05, 4.69) is 20.5 Å². The summed E-state index contributed by atoms with van der Waals surface area (Å²) >= 11 is 0. The normalized spacial score (nSPS) is 22.3.